The van der Waals surface area contributed by atoms with Crippen molar-refractivity contribution in [3.05, 3.63) is 46.1 Å². The molecular weight excluding hydrogens is 335 g/mol. The molecule has 0 saturated carbocycles. The van der Waals surface area contributed by atoms with Gasteiger partial charge in [-0.1, -0.05) is 0 Å². The molecule has 0 aromatic heterocycles. The van der Waals surface area contributed by atoms with E-state index in [0.717, 1.165) is 43.3 Å². The van der Waals surface area contributed by atoms with Crippen molar-refractivity contribution >= 4 is 35.0 Å². The van der Waals surface area contributed by atoms with Crippen LogP contribution < -0.4 is 5.32 Å². The molecule has 1 aromatic rings. The van der Waals surface area contributed by atoms with Crippen molar-refractivity contribution in [2.24, 2.45) is 10.2 Å². The van der Waals surface area contributed by atoms with Gasteiger partial charge >= 0.3 is 5.97 Å². The van der Waals surface area contributed by atoms with Crippen LogP contribution in [0, 0.1) is 17.5 Å². The van der Waals surface area contributed by atoms with Gasteiger partial charge in [-0.3, -0.25) is 10.1 Å². The summed E-state index contributed by atoms with van der Waals surface area (Å²) < 4.78 is 43.5. The number of benzene rings is 1. The first-order chi connectivity index (χ1) is 10.9. The number of ether oxygens (including phenoxy) is 1. The number of hydrogen-bond donors (Lipinski definition) is 1. The predicted octanol–water partition coefficient (Wildman–Crippen LogP) is 1.71. The van der Waals surface area contributed by atoms with Crippen molar-refractivity contribution < 1.29 is 27.5 Å². The van der Waals surface area contributed by atoms with Crippen molar-refractivity contribution in [3.63, 3.8) is 0 Å². The van der Waals surface area contributed by atoms with Gasteiger partial charge in [0.1, 0.15) is 0 Å². The molecule has 1 aromatic carbocycles. The monoisotopic (exact) mass is 343 g/mol. The Labute approximate surface area is 132 Å². The highest BCUT2D eigenvalue weighted by Gasteiger charge is 2.25. The summed E-state index contributed by atoms with van der Waals surface area (Å²) in [6.45, 7) is 0. The van der Waals surface area contributed by atoms with E-state index in [2.05, 4.69) is 20.3 Å². The van der Waals surface area contributed by atoms with Crippen molar-refractivity contribution in [1.29, 1.82) is 0 Å². The van der Waals surface area contributed by atoms with Gasteiger partial charge < -0.3 is 4.74 Å². The summed E-state index contributed by atoms with van der Waals surface area (Å²) in [5.74, 6) is -5.62. The number of rotatable bonds is 3. The second kappa shape index (κ2) is 7.09. The van der Waals surface area contributed by atoms with Crippen molar-refractivity contribution in [2.75, 3.05) is 7.11 Å². The number of thioether (sulfide) groups is 1. The number of esters is 1. The molecule has 1 N–H and O–H groups in total. The standard InChI is InChI=1S/C13H8F3N3O3S/c1-22-9(20)4-8-12(21)18-13(23-8)19-17-5-6-2-3-7(14)11(16)10(6)15/h2-5H,1H3,(H,18,19,21)/b8-4+,17-5?. The van der Waals surface area contributed by atoms with Crippen LogP contribution in [0.5, 0.6) is 0 Å². The minimum absolute atomic E-state index is 0.0318. The third-order valence-electron chi connectivity index (χ3n) is 2.51. The van der Waals surface area contributed by atoms with E-state index in [4.69, 9.17) is 0 Å². The number of methoxy groups -OCH3 is 1. The average molecular weight is 343 g/mol. The normalized spacial score (nSPS) is 18.0. The lowest BCUT2D eigenvalue weighted by atomic mass is 10.2. The van der Waals surface area contributed by atoms with Gasteiger partial charge in [0.15, 0.2) is 22.6 Å². The van der Waals surface area contributed by atoms with E-state index in [1.165, 1.54) is 0 Å². The van der Waals surface area contributed by atoms with Gasteiger partial charge in [0.25, 0.3) is 5.91 Å². The largest absolute Gasteiger partial charge is 0.466 e. The lowest BCUT2D eigenvalue weighted by Crippen LogP contribution is -2.19. The fourth-order valence-electron chi connectivity index (χ4n) is 1.43. The Morgan fingerprint density at radius 3 is 2.74 bits per heavy atom. The van der Waals surface area contributed by atoms with Gasteiger partial charge in [0.2, 0.25) is 0 Å². The van der Waals surface area contributed by atoms with Crippen LogP contribution in [-0.2, 0) is 14.3 Å². The van der Waals surface area contributed by atoms with E-state index < -0.39 is 29.3 Å². The topological polar surface area (TPSA) is 80.1 Å². The Morgan fingerprint density at radius 1 is 1.30 bits per heavy atom. The van der Waals surface area contributed by atoms with Gasteiger partial charge in [-0.25, -0.2) is 18.0 Å². The van der Waals surface area contributed by atoms with E-state index >= 15 is 0 Å². The maximum atomic E-state index is 13.4. The average Bonchev–Trinajstić information content (AvgIpc) is 2.87. The number of amides is 1. The van der Waals surface area contributed by atoms with E-state index in [1.54, 1.807) is 0 Å². The smallest absolute Gasteiger partial charge is 0.331 e. The molecule has 1 heterocycles. The molecule has 1 aliphatic rings. The molecule has 0 spiro atoms. The fourth-order valence-corrected chi connectivity index (χ4v) is 2.16. The summed E-state index contributed by atoms with van der Waals surface area (Å²) in [5, 5.41) is 9.41. The number of nitrogens with one attached hydrogen (secondary N) is 1. The quantitative estimate of drug-likeness (QED) is 0.298. The Hall–Kier alpha value is -2.62. The first-order valence-electron chi connectivity index (χ1n) is 5.95. The van der Waals surface area contributed by atoms with Crippen LogP contribution in [0.2, 0.25) is 0 Å². The lowest BCUT2D eigenvalue weighted by Gasteiger charge is -1.97. The van der Waals surface area contributed by atoms with Crippen molar-refractivity contribution in [1.82, 2.24) is 5.32 Å². The summed E-state index contributed by atoms with van der Waals surface area (Å²) >= 11 is 0.815. The number of nitrogens with zero attached hydrogens (tertiary/aromatic N) is 2. The second-order valence-electron chi connectivity index (χ2n) is 4.00. The molecule has 2 rings (SSSR count). The Bertz CT molecular complexity index is 762. The highest BCUT2D eigenvalue weighted by atomic mass is 32.2. The molecule has 0 atom stereocenters. The summed E-state index contributed by atoms with van der Waals surface area (Å²) in [6.07, 6.45) is 1.83. The molecule has 1 saturated heterocycles. The zero-order valence-electron chi connectivity index (χ0n) is 11.5. The zero-order chi connectivity index (χ0) is 17.0. The molecule has 1 amide bonds. The number of halogens is 3. The first kappa shape index (κ1) is 16.7. The number of amidine groups is 1. The molecule has 0 aliphatic carbocycles. The maximum absolute atomic E-state index is 13.4. The molecule has 1 fully saturated rings. The van der Waals surface area contributed by atoms with E-state index in [1.807, 2.05) is 0 Å². The molecule has 0 unspecified atom stereocenters. The number of carbonyl (C=O) groups is 2. The highest BCUT2D eigenvalue weighted by molar-refractivity contribution is 8.18. The molecule has 10 heteroatoms. The van der Waals surface area contributed by atoms with Gasteiger partial charge in [0, 0.05) is 11.6 Å². The molecule has 23 heavy (non-hydrogen) atoms. The van der Waals surface area contributed by atoms with Gasteiger partial charge in [0.05, 0.1) is 18.2 Å². The summed E-state index contributed by atoms with van der Waals surface area (Å²) in [6, 6.07) is 1.73. The first-order valence-corrected chi connectivity index (χ1v) is 6.77. The molecule has 0 bridgehead atoms. The minimum atomic E-state index is -1.62. The third kappa shape index (κ3) is 3.97. The Morgan fingerprint density at radius 2 is 2.04 bits per heavy atom. The third-order valence-corrected chi connectivity index (χ3v) is 3.41. The van der Waals surface area contributed by atoms with Crippen LogP contribution in [0.3, 0.4) is 0 Å². The molecule has 1 aliphatic heterocycles. The molecule has 0 radical (unpaired) electrons. The maximum Gasteiger partial charge on any atom is 0.331 e. The van der Waals surface area contributed by atoms with Crippen LogP contribution in [0.1, 0.15) is 5.56 Å². The van der Waals surface area contributed by atoms with E-state index in [0.29, 0.717) is 0 Å². The predicted molar refractivity (Wildman–Crippen MR) is 77.2 cm³/mol. The van der Waals surface area contributed by atoms with E-state index in [-0.39, 0.29) is 15.6 Å². The number of hydrogen-bond acceptors (Lipinski definition) is 6. The number of carbonyl (C=O) groups excluding carboxylic acids is 2. The highest BCUT2D eigenvalue weighted by Crippen LogP contribution is 2.23. The molecule has 120 valence electrons. The summed E-state index contributed by atoms with van der Waals surface area (Å²) in [7, 11) is 1.16. The van der Waals surface area contributed by atoms with Crippen LogP contribution in [0.15, 0.2) is 33.3 Å². The molecule has 6 nitrogen and oxygen atoms in total. The van der Waals surface area contributed by atoms with Crippen molar-refractivity contribution in [2.45, 2.75) is 0 Å². The SMILES string of the molecule is COC(=O)/C=C1/S/C(=N\N=Cc2ccc(F)c(F)c2F)NC1=O. The van der Waals surface area contributed by atoms with Crippen LogP contribution in [0.25, 0.3) is 0 Å². The van der Waals surface area contributed by atoms with Crippen LogP contribution in [0.4, 0.5) is 13.2 Å². The summed E-state index contributed by atoms with van der Waals surface area (Å²) in [4.78, 5) is 22.6. The minimum Gasteiger partial charge on any atom is -0.466 e. The van der Waals surface area contributed by atoms with Gasteiger partial charge in [-0.2, -0.15) is 5.10 Å². The van der Waals surface area contributed by atoms with Crippen LogP contribution in [-0.4, -0.2) is 30.4 Å². The van der Waals surface area contributed by atoms with Crippen LogP contribution >= 0.6 is 11.8 Å². The van der Waals surface area contributed by atoms with Gasteiger partial charge in [-0.15, -0.1) is 5.10 Å². The second-order valence-corrected chi connectivity index (χ2v) is 5.03. The Balaban J connectivity index is 2.13. The lowest BCUT2D eigenvalue weighted by molar-refractivity contribution is -0.135. The van der Waals surface area contributed by atoms with Gasteiger partial charge in [-0.05, 0) is 23.9 Å². The summed E-state index contributed by atoms with van der Waals surface area (Å²) in [5.41, 5.74) is -0.312. The molecular formula is C13H8F3N3O3S. The van der Waals surface area contributed by atoms with E-state index in [9.17, 15) is 22.8 Å². The van der Waals surface area contributed by atoms with Crippen molar-refractivity contribution in [3.8, 4) is 0 Å². The zero-order valence-corrected chi connectivity index (χ0v) is 12.3. The Kier molecular flexibility index (Phi) is 5.16. The fraction of sp³-hybridized carbons (Fsp3) is 0.0769.